The number of hydrogen-bond acceptors (Lipinski definition) is 1. The summed E-state index contributed by atoms with van der Waals surface area (Å²) in [4.78, 5) is 2.66. The molecule has 1 aromatic rings. The summed E-state index contributed by atoms with van der Waals surface area (Å²) in [5.41, 5.74) is 1.44. The van der Waals surface area contributed by atoms with Crippen LogP contribution >= 0.6 is 0 Å². The average molecular weight is 316 g/mol. The molecule has 23 heavy (non-hydrogen) atoms. The molecule has 0 spiro atoms. The molecule has 1 heterocycles. The molecular formula is C21H35N2+. The maximum Gasteiger partial charge on any atom is 0.247 e. The molecule has 2 rings (SSSR count). The van der Waals surface area contributed by atoms with Crippen molar-refractivity contribution in [3.63, 3.8) is 0 Å². The van der Waals surface area contributed by atoms with E-state index in [4.69, 9.17) is 0 Å². The first-order chi connectivity index (χ1) is 11.3. The van der Waals surface area contributed by atoms with Gasteiger partial charge in [0.1, 0.15) is 19.6 Å². The molecule has 1 aliphatic heterocycles. The third kappa shape index (κ3) is 6.01. The first kappa shape index (κ1) is 18.0. The molecule has 0 radical (unpaired) electrons. The van der Waals surface area contributed by atoms with E-state index >= 15 is 0 Å². The van der Waals surface area contributed by atoms with Crippen LogP contribution in [0.25, 0.3) is 0 Å². The number of benzene rings is 1. The molecule has 1 aromatic carbocycles. The second kappa shape index (κ2) is 10.5. The van der Waals surface area contributed by atoms with Crippen LogP contribution < -0.4 is 0 Å². The van der Waals surface area contributed by atoms with Gasteiger partial charge in [-0.3, -0.25) is 9.48 Å². The van der Waals surface area contributed by atoms with Crippen LogP contribution in [0.2, 0.25) is 0 Å². The van der Waals surface area contributed by atoms with Crippen molar-refractivity contribution in [2.75, 3.05) is 19.6 Å². The second-order valence-corrected chi connectivity index (χ2v) is 6.83. The van der Waals surface area contributed by atoms with Crippen LogP contribution in [0.15, 0.2) is 30.3 Å². The Bertz CT molecular complexity index is 464. The lowest BCUT2D eigenvalue weighted by molar-refractivity contribution is -0.535. The smallest absolute Gasteiger partial charge is 0.247 e. The lowest BCUT2D eigenvalue weighted by Gasteiger charge is -2.13. The van der Waals surface area contributed by atoms with Gasteiger partial charge in [0.05, 0.1) is 6.54 Å². The van der Waals surface area contributed by atoms with Gasteiger partial charge in [0.25, 0.3) is 0 Å². The van der Waals surface area contributed by atoms with Gasteiger partial charge in [-0.25, -0.2) is 0 Å². The molecule has 0 bridgehead atoms. The Balaban J connectivity index is 1.97. The Morgan fingerprint density at radius 2 is 1.65 bits per heavy atom. The van der Waals surface area contributed by atoms with Gasteiger partial charge in [-0.1, -0.05) is 76.3 Å². The fourth-order valence-corrected chi connectivity index (χ4v) is 3.47. The molecule has 0 aliphatic carbocycles. The van der Waals surface area contributed by atoms with Crippen LogP contribution in [-0.4, -0.2) is 34.9 Å². The summed E-state index contributed by atoms with van der Waals surface area (Å²) in [6.45, 7) is 9.32. The van der Waals surface area contributed by atoms with Crippen LogP contribution in [-0.2, 0) is 6.54 Å². The number of hydrogen-bond donors (Lipinski definition) is 0. The van der Waals surface area contributed by atoms with Gasteiger partial charge in [-0.05, 0) is 18.4 Å². The van der Waals surface area contributed by atoms with Gasteiger partial charge in [-0.15, -0.1) is 0 Å². The normalized spacial score (nSPS) is 14.8. The third-order valence-electron chi connectivity index (χ3n) is 4.87. The van der Waals surface area contributed by atoms with Gasteiger partial charge in [0.2, 0.25) is 5.84 Å². The van der Waals surface area contributed by atoms with Crippen molar-refractivity contribution >= 4 is 5.84 Å². The molecule has 2 heteroatoms. The van der Waals surface area contributed by atoms with Crippen molar-refractivity contribution in [3.05, 3.63) is 35.9 Å². The first-order valence-corrected chi connectivity index (χ1v) is 9.74. The summed E-state index contributed by atoms with van der Waals surface area (Å²) in [6, 6.07) is 10.9. The van der Waals surface area contributed by atoms with Gasteiger partial charge in [-0.2, -0.15) is 0 Å². The van der Waals surface area contributed by atoms with E-state index < -0.39 is 0 Å². The van der Waals surface area contributed by atoms with Crippen LogP contribution in [0.3, 0.4) is 0 Å². The lowest BCUT2D eigenvalue weighted by Crippen LogP contribution is -2.30. The Labute approximate surface area is 143 Å². The fourth-order valence-electron chi connectivity index (χ4n) is 3.47. The molecule has 0 aromatic heterocycles. The molecule has 2 nitrogen and oxygen atoms in total. The Kier molecular flexibility index (Phi) is 8.20. The van der Waals surface area contributed by atoms with Crippen LogP contribution in [0.5, 0.6) is 0 Å². The molecule has 1 aliphatic rings. The van der Waals surface area contributed by atoms with Gasteiger partial charge >= 0.3 is 0 Å². The third-order valence-corrected chi connectivity index (χ3v) is 4.87. The summed E-state index contributed by atoms with van der Waals surface area (Å²) >= 11 is 0. The number of unbranched alkanes of at least 4 members (excludes halogenated alkanes) is 5. The topological polar surface area (TPSA) is 6.25 Å². The Hall–Kier alpha value is -1.31. The molecule has 0 fully saturated rings. The largest absolute Gasteiger partial charge is 0.262 e. The Morgan fingerprint density at radius 3 is 2.39 bits per heavy atom. The van der Waals surface area contributed by atoms with E-state index in [1.54, 1.807) is 5.84 Å². The fraction of sp³-hybridized carbons (Fsp3) is 0.667. The number of nitrogens with zero attached hydrogens (tertiary/aromatic N) is 2. The predicted molar refractivity (Wildman–Crippen MR) is 100 cm³/mol. The molecule has 128 valence electrons. The van der Waals surface area contributed by atoms with Crippen molar-refractivity contribution < 1.29 is 4.58 Å². The van der Waals surface area contributed by atoms with Crippen molar-refractivity contribution in [1.29, 1.82) is 0 Å². The van der Waals surface area contributed by atoms with E-state index in [1.165, 1.54) is 76.6 Å². The molecule has 0 atom stereocenters. The van der Waals surface area contributed by atoms with E-state index in [2.05, 4.69) is 53.7 Å². The highest BCUT2D eigenvalue weighted by molar-refractivity contribution is 5.78. The van der Waals surface area contributed by atoms with Gasteiger partial charge in [0, 0.05) is 6.42 Å². The van der Waals surface area contributed by atoms with E-state index in [9.17, 15) is 0 Å². The van der Waals surface area contributed by atoms with Gasteiger partial charge in [0.15, 0.2) is 0 Å². The average Bonchev–Trinajstić information content (AvgIpc) is 2.95. The second-order valence-electron chi connectivity index (χ2n) is 6.83. The first-order valence-electron chi connectivity index (χ1n) is 9.74. The zero-order valence-corrected chi connectivity index (χ0v) is 15.3. The molecule has 0 unspecified atom stereocenters. The minimum Gasteiger partial charge on any atom is -0.262 e. The predicted octanol–water partition coefficient (Wildman–Crippen LogP) is 5.07. The minimum absolute atomic E-state index is 1.08. The summed E-state index contributed by atoms with van der Waals surface area (Å²) in [6.07, 6.45) is 10.7. The highest BCUT2D eigenvalue weighted by Crippen LogP contribution is 2.14. The highest BCUT2D eigenvalue weighted by atomic mass is 15.3. The highest BCUT2D eigenvalue weighted by Gasteiger charge is 2.29. The van der Waals surface area contributed by atoms with Crippen LogP contribution in [0, 0.1) is 0 Å². The van der Waals surface area contributed by atoms with Crippen LogP contribution in [0.1, 0.15) is 70.8 Å². The molecule has 0 saturated carbocycles. The quantitative estimate of drug-likeness (QED) is 0.408. The number of rotatable bonds is 11. The van der Waals surface area contributed by atoms with Crippen molar-refractivity contribution in [1.82, 2.24) is 4.90 Å². The standard InChI is InChI=1S/C21H35N2/c1-3-5-7-8-12-15-21-22(16-6-4-2)17-18-23(21)19-20-13-10-9-11-14-20/h9-11,13-14H,3-8,12,15-19H2,1-2H3/q+1. The molecule has 0 N–H and O–H groups in total. The summed E-state index contributed by atoms with van der Waals surface area (Å²) in [5, 5.41) is 0. The lowest BCUT2D eigenvalue weighted by atomic mass is 10.1. The molecular weight excluding hydrogens is 280 g/mol. The van der Waals surface area contributed by atoms with E-state index in [1.807, 2.05) is 0 Å². The maximum atomic E-state index is 2.66. The van der Waals surface area contributed by atoms with Crippen molar-refractivity contribution in [2.24, 2.45) is 0 Å². The summed E-state index contributed by atoms with van der Waals surface area (Å²) in [5.74, 6) is 1.61. The summed E-state index contributed by atoms with van der Waals surface area (Å²) < 4.78 is 2.63. The van der Waals surface area contributed by atoms with Crippen molar-refractivity contribution in [3.8, 4) is 0 Å². The van der Waals surface area contributed by atoms with Crippen molar-refractivity contribution in [2.45, 2.75) is 71.8 Å². The monoisotopic (exact) mass is 315 g/mol. The zero-order valence-electron chi connectivity index (χ0n) is 15.3. The SMILES string of the molecule is CCCCCCCC1=[N+](Cc2ccccc2)CCN1CCCC. The molecule has 0 saturated heterocycles. The van der Waals surface area contributed by atoms with E-state index in [-0.39, 0.29) is 0 Å². The Morgan fingerprint density at radius 1 is 0.913 bits per heavy atom. The molecule has 0 amide bonds. The van der Waals surface area contributed by atoms with E-state index in [0.717, 1.165) is 6.54 Å². The van der Waals surface area contributed by atoms with Gasteiger partial charge < -0.3 is 0 Å². The van der Waals surface area contributed by atoms with Crippen LogP contribution in [0.4, 0.5) is 0 Å². The maximum absolute atomic E-state index is 2.66. The zero-order chi connectivity index (χ0) is 16.3. The van der Waals surface area contributed by atoms with E-state index in [0.29, 0.717) is 0 Å². The number of amidine groups is 1. The minimum atomic E-state index is 1.08. The summed E-state index contributed by atoms with van der Waals surface area (Å²) in [7, 11) is 0.